The van der Waals surface area contributed by atoms with Crippen molar-refractivity contribution in [3.63, 3.8) is 0 Å². The van der Waals surface area contributed by atoms with Crippen molar-refractivity contribution < 1.29 is 4.39 Å². The molecule has 0 radical (unpaired) electrons. The lowest BCUT2D eigenvalue weighted by Gasteiger charge is -1.98. The Morgan fingerprint density at radius 3 is 2.60 bits per heavy atom. The molecule has 0 saturated heterocycles. The standard InChI is InChI=1S/C10H6ClFINS/c11-5-8-9(15-10(13)14-8)6-1-3-7(12)4-2-6/h1-4H,5H2. The summed E-state index contributed by atoms with van der Waals surface area (Å²) >= 11 is 9.52. The minimum absolute atomic E-state index is 0.231. The fourth-order valence-corrected chi connectivity index (χ4v) is 3.28. The van der Waals surface area contributed by atoms with Gasteiger partial charge in [-0.25, -0.2) is 9.37 Å². The molecule has 0 bridgehead atoms. The maximum Gasteiger partial charge on any atom is 0.154 e. The minimum atomic E-state index is -0.231. The third-order valence-corrected chi connectivity index (χ3v) is 3.99. The first-order chi connectivity index (χ1) is 7.20. The Hall–Kier alpha value is -0.200. The summed E-state index contributed by atoms with van der Waals surface area (Å²) in [4.78, 5) is 5.33. The van der Waals surface area contributed by atoms with Gasteiger partial charge in [0, 0.05) is 0 Å². The molecule has 1 aromatic heterocycles. The smallest absolute Gasteiger partial charge is 0.154 e. The van der Waals surface area contributed by atoms with Crippen molar-refractivity contribution >= 4 is 45.5 Å². The summed E-state index contributed by atoms with van der Waals surface area (Å²) < 4.78 is 13.7. The van der Waals surface area contributed by atoms with Crippen LogP contribution >= 0.6 is 45.5 Å². The second kappa shape index (κ2) is 4.76. The summed E-state index contributed by atoms with van der Waals surface area (Å²) in [5.41, 5.74) is 1.82. The molecule has 2 rings (SSSR count). The molecular weight excluding hydrogens is 348 g/mol. The predicted molar refractivity (Wildman–Crippen MR) is 69.8 cm³/mol. The summed E-state index contributed by atoms with van der Waals surface area (Å²) in [6, 6.07) is 6.38. The van der Waals surface area contributed by atoms with Crippen LogP contribution in [0.1, 0.15) is 5.69 Å². The van der Waals surface area contributed by atoms with Crippen LogP contribution in [0.3, 0.4) is 0 Å². The quantitative estimate of drug-likeness (QED) is 0.580. The summed E-state index contributed by atoms with van der Waals surface area (Å²) in [5.74, 6) is 0.150. The lowest BCUT2D eigenvalue weighted by atomic mass is 10.1. The lowest BCUT2D eigenvalue weighted by molar-refractivity contribution is 0.628. The SMILES string of the molecule is Fc1ccc(-c2sc(I)nc2CCl)cc1. The number of halogens is 3. The highest BCUT2D eigenvalue weighted by atomic mass is 127. The van der Waals surface area contributed by atoms with E-state index in [4.69, 9.17) is 11.6 Å². The van der Waals surface area contributed by atoms with Crippen LogP contribution in [0.25, 0.3) is 10.4 Å². The molecule has 1 heterocycles. The molecule has 0 N–H and O–H groups in total. The highest BCUT2D eigenvalue weighted by Crippen LogP contribution is 2.31. The molecule has 0 saturated carbocycles. The Bertz CT molecular complexity index is 469. The molecule has 0 aliphatic rings. The van der Waals surface area contributed by atoms with Crippen molar-refractivity contribution in [3.8, 4) is 10.4 Å². The van der Waals surface area contributed by atoms with Crippen molar-refractivity contribution in [2.75, 3.05) is 0 Å². The second-order valence-electron chi connectivity index (χ2n) is 2.88. The van der Waals surface area contributed by atoms with Crippen LogP contribution < -0.4 is 0 Å². The van der Waals surface area contributed by atoms with Crippen LogP contribution in [0.5, 0.6) is 0 Å². The zero-order valence-corrected chi connectivity index (χ0v) is 11.2. The van der Waals surface area contributed by atoms with E-state index in [0.29, 0.717) is 5.88 Å². The molecule has 0 atom stereocenters. The molecule has 0 aliphatic carbocycles. The van der Waals surface area contributed by atoms with Gasteiger partial charge in [-0.1, -0.05) is 12.1 Å². The topological polar surface area (TPSA) is 12.9 Å². The number of nitrogens with zero attached hydrogens (tertiary/aromatic N) is 1. The Kier molecular flexibility index (Phi) is 3.58. The van der Waals surface area contributed by atoms with Gasteiger partial charge in [0.1, 0.15) is 5.82 Å². The molecular formula is C10H6ClFINS. The first kappa shape index (κ1) is 11.3. The number of hydrogen-bond donors (Lipinski definition) is 0. The van der Waals surface area contributed by atoms with Crippen LogP contribution in [-0.2, 0) is 5.88 Å². The molecule has 1 nitrogen and oxygen atoms in total. The summed E-state index contributed by atoms with van der Waals surface area (Å²) in [5, 5.41) is 0. The van der Waals surface area contributed by atoms with Crippen molar-refractivity contribution in [2.24, 2.45) is 0 Å². The van der Waals surface area contributed by atoms with E-state index in [-0.39, 0.29) is 5.82 Å². The summed E-state index contributed by atoms with van der Waals surface area (Å²) in [6.45, 7) is 0. The van der Waals surface area contributed by atoms with E-state index in [9.17, 15) is 4.39 Å². The normalized spacial score (nSPS) is 10.6. The minimum Gasteiger partial charge on any atom is -0.233 e. The maximum absolute atomic E-state index is 12.8. The molecule has 2 aromatic rings. The number of aromatic nitrogens is 1. The van der Waals surface area contributed by atoms with E-state index < -0.39 is 0 Å². The molecule has 0 spiro atoms. The van der Waals surface area contributed by atoms with Gasteiger partial charge in [-0.05, 0) is 40.3 Å². The molecule has 1 aromatic carbocycles. The number of rotatable bonds is 2. The van der Waals surface area contributed by atoms with Gasteiger partial charge in [-0.3, -0.25) is 0 Å². The third-order valence-electron chi connectivity index (χ3n) is 1.90. The zero-order valence-electron chi connectivity index (χ0n) is 7.51. The molecule has 15 heavy (non-hydrogen) atoms. The number of alkyl halides is 1. The molecule has 0 fully saturated rings. The summed E-state index contributed by atoms with van der Waals surface area (Å²) in [6.07, 6.45) is 0. The van der Waals surface area contributed by atoms with E-state index in [1.807, 2.05) is 0 Å². The van der Waals surface area contributed by atoms with E-state index in [2.05, 4.69) is 27.6 Å². The first-order valence-electron chi connectivity index (χ1n) is 4.18. The number of thiazole rings is 1. The fourth-order valence-electron chi connectivity index (χ4n) is 1.24. The van der Waals surface area contributed by atoms with Crippen molar-refractivity contribution in [2.45, 2.75) is 5.88 Å². The molecule has 0 aliphatic heterocycles. The summed E-state index contributed by atoms with van der Waals surface area (Å²) in [7, 11) is 0. The average Bonchev–Trinajstić information content (AvgIpc) is 2.61. The van der Waals surface area contributed by atoms with Crippen LogP contribution in [-0.4, -0.2) is 4.98 Å². The fraction of sp³-hybridized carbons (Fsp3) is 0.100. The van der Waals surface area contributed by atoms with Crippen LogP contribution in [0.4, 0.5) is 4.39 Å². The van der Waals surface area contributed by atoms with E-state index in [1.165, 1.54) is 12.1 Å². The van der Waals surface area contributed by atoms with Crippen LogP contribution in [0.15, 0.2) is 24.3 Å². The molecule has 0 unspecified atom stereocenters. The first-order valence-corrected chi connectivity index (χ1v) is 6.61. The van der Waals surface area contributed by atoms with Crippen LogP contribution in [0.2, 0.25) is 0 Å². The van der Waals surface area contributed by atoms with Gasteiger partial charge in [-0.2, -0.15) is 0 Å². The molecule has 78 valence electrons. The van der Waals surface area contributed by atoms with E-state index in [1.54, 1.807) is 23.5 Å². The average molecular weight is 354 g/mol. The van der Waals surface area contributed by atoms with Crippen molar-refractivity contribution in [3.05, 3.63) is 38.8 Å². The van der Waals surface area contributed by atoms with Crippen molar-refractivity contribution in [1.29, 1.82) is 0 Å². The van der Waals surface area contributed by atoms with E-state index >= 15 is 0 Å². The highest BCUT2D eigenvalue weighted by molar-refractivity contribution is 14.1. The van der Waals surface area contributed by atoms with Gasteiger partial charge >= 0.3 is 0 Å². The Morgan fingerprint density at radius 1 is 1.33 bits per heavy atom. The van der Waals surface area contributed by atoms with Gasteiger partial charge in [0.25, 0.3) is 0 Å². The van der Waals surface area contributed by atoms with Crippen molar-refractivity contribution in [1.82, 2.24) is 4.98 Å². The Morgan fingerprint density at radius 2 is 2.00 bits per heavy atom. The van der Waals surface area contributed by atoms with Gasteiger partial charge in [0.05, 0.1) is 16.5 Å². The molecule has 5 heteroatoms. The van der Waals surface area contributed by atoms with Gasteiger partial charge in [0.15, 0.2) is 3.01 Å². The predicted octanol–water partition coefficient (Wildman–Crippen LogP) is 4.29. The Labute approximate surface area is 109 Å². The molecule has 0 amide bonds. The van der Waals surface area contributed by atoms with Crippen LogP contribution in [0, 0.1) is 8.83 Å². The van der Waals surface area contributed by atoms with Gasteiger partial charge in [0.2, 0.25) is 0 Å². The van der Waals surface area contributed by atoms with E-state index in [0.717, 1.165) is 19.1 Å². The number of benzene rings is 1. The maximum atomic E-state index is 12.8. The van der Waals surface area contributed by atoms with Gasteiger partial charge < -0.3 is 0 Å². The second-order valence-corrected chi connectivity index (χ2v) is 5.90. The highest BCUT2D eigenvalue weighted by Gasteiger charge is 2.10. The monoisotopic (exact) mass is 353 g/mol. The van der Waals surface area contributed by atoms with Gasteiger partial charge in [-0.15, -0.1) is 22.9 Å². The lowest BCUT2D eigenvalue weighted by Crippen LogP contribution is -1.82. The number of hydrogen-bond acceptors (Lipinski definition) is 2. The third kappa shape index (κ3) is 2.49. The zero-order chi connectivity index (χ0) is 10.8. The Balaban J connectivity index is 2.48. The largest absolute Gasteiger partial charge is 0.233 e.